The third-order valence-corrected chi connectivity index (χ3v) is 3.72. The number of carbonyl (C=O) groups is 2. The average Bonchev–Trinajstić information content (AvgIpc) is 2.89. The summed E-state index contributed by atoms with van der Waals surface area (Å²) in [6.07, 6.45) is -0.0984. The van der Waals surface area contributed by atoms with Crippen molar-refractivity contribution in [1.82, 2.24) is 4.98 Å². The standard InChI is InChI=1S/C14H14N2O4S/c1-2-10-15-11(13(17)18)12(21-10)16-14(19)20-8-9-6-4-3-5-7-9/h3-7H,2,8H2,1H3,(H,16,19)(H,17,18). The molecule has 0 aliphatic carbocycles. The van der Waals surface area contributed by atoms with Gasteiger partial charge in [0.1, 0.15) is 11.6 Å². The van der Waals surface area contributed by atoms with Crippen LogP contribution in [0.2, 0.25) is 0 Å². The third-order valence-electron chi connectivity index (χ3n) is 2.60. The van der Waals surface area contributed by atoms with Crippen LogP contribution in [0.3, 0.4) is 0 Å². The van der Waals surface area contributed by atoms with Gasteiger partial charge in [0, 0.05) is 0 Å². The highest BCUT2D eigenvalue weighted by Crippen LogP contribution is 2.25. The average molecular weight is 306 g/mol. The second-order valence-electron chi connectivity index (χ2n) is 4.13. The van der Waals surface area contributed by atoms with Gasteiger partial charge >= 0.3 is 12.1 Å². The van der Waals surface area contributed by atoms with Crippen LogP contribution in [0, 0.1) is 0 Å². The van der Waals surface area contributed by atoms with Gasteiger partial charge in [-0.3, -0.25) is 5.32 Å². The van der Waals surface area contributed by atoms with Crippen LogP contribution < -0.4 is 5.32 Å². The lowest BCUT2D eigenvalue weighted by Gasteiger charge is -2.05. The fourth-order valence-electron chi connectivity index (χ4n) is 1.60. The van der Waals surface area contributed by atoms with Crippen molar-refractivity contribution in [2.45, 2.75) is 20.0 Å². The molecule has 2 N–H and O–H groups in total. The predicted octanol–water partition coefficient (Wildman–Crippen LogP) is 3.15. The van der Waals surface area contributed by atoms with Crippen LogP contribution in [0.25, 0.3) is 0 Å². The van der Waals surface area contributed by atoms with Crippen LogP contribution in [0.4, 0.5) is 9.80 Å². The largest absolute Gasteiger partial charge is 0.476 e. The molecule has 1 aromatic heterocycles. The molecule has 1 amide bonds. The molecule has 0 bridgehead atoms. The summed E-state index contributed by atoms with van der Waals surface area (Å²) in [7, 11) is 0. The van der Waals surface area contributed by atoms with Crippen molar-refractivity contribution in [2.75, 3.05) is 5.32 Å². The number of carboxylic acid groups (broad SMARTS) is 1. The Hall–Kier alpha value is -2.41. The molecule has 110 valence electrons. The van der Waals surface area contributed by atoms with E-state index in [2.05, 4.69) is 10.3 Å². The maximum atomic E-state index is 11.7. The predicted molar refractivity (Wildman–Crippen MR) is 78.7 cm³/mol. The molecule has 7 heteroatoms. The molecule has 0 saturated heterocycles. The first-order chi connectivity index (χ1) is 10.1. The van der Waals surface area contributed by atoms with Gasteiger partial charge in [-0.15, -0.1) is 11.3 Å². The van der Waals surface area contributed by atoms with Crippen molar-refractivity contribution in [3.63, 3.8) is 0 Å². The summed E-state index contributed by atoms with van der Waals surface area (Å²) in [5, 5.41) is 12.3. The molecule has 21 heavy (non-hydrogen) atoms. The van der Waals surface area contributed by atoms with Gasteiger partial charge in [0.2, 0.25) is 0 Å². The van der Waals surface area contributed by atoms with Gasteiger partial charge in [0.15, 0.2) is 5.69 Å². The SMILES string of the molecule is CCc1nc(C(=O)O)c(NC(=O)OCc2ccccc2)s1. The maximum Gasteiger partial charge on any atom is 0.412 e. The summed E-state index contributed by atoms with van der Waals surface area (Å²) in [5.41, 5.74) is 0.693. The van der Waals surface area contributed by atoms with E-state index in [9.17, 15) is 9.59 Å². The summed E-state index contributed by atoms with van der Waals surface area (Å²) in [5.74, 6) is -1.18. The van der Waals surface area contributed by atoms with Crippen LogP contribution in [0.15, 0.2) is 30.3 Å². The minimum atomic E-state index is -1.18. The summed E-state index contributed by atoms with van der Waals surface area (Å²) in [6, 6.07) is 9.22. The lowest BCUT2D eigenvalue weighted by atomic mass is 10.2. The lowest BCUT2D eigenvalue weighted by molar-refractivity contribution is 0.0692. The van der Waals surface area contributed by atoms with Gasteiger partial charge < -0.3 is 9.84 Å². The number of anilines is 1. The lowest BCUT2D eigenvalue weighted by Crippen LogP contribution is -2.14. The fraction of sp³-hybridized carbons (Fsp3) is 0.214. The minimum Gasteiger partial charge on any atom is -0.476 e. The van der Waals surface area contributed by atoms with Crippen molar-refractivity contribution in [3.05, 3.63) is 46.6 Å². The number of aryl methyl sites for hydroxylation is 1. The number of hydrogen-bond acceptors (Lipinski definition) is 5. The van der Waals surface area contributed by atoms with Crippen molar-refractivity contribution >= 4 is 28.4 Å². The van der Waals surface area contributed by atoms with Gasteiger partial charge in [0.05, 0.1) is 5.01 Å². The first-order valence-corrected chi connectivity index (χ1v) is 7.12. The van der Waals surface area contributed by atoms with Crippen molar-refractivity contribution in [2.24, 2.45) is 0 Å². The van der Waals surface area contributed by atoms with Gasteiger partial charge in [-0.05, 0) is 12.0 Å². The van der Waals surface area contributed by atoms with Crippen LogP contribution >= 0.6 is 11.3 Å². The summed E-state index contributed by atoms with van der Waals surface area (Å²) in [6.45, 7) is 1.98. The zero-order chi connectivity index (χ0) is 15.2. The number of nitrogens with zero attached hydrogens (tertiary/aromatic N) is 1. The Kier molecular flexibility index (Phi) is 4.89. The van der Waals surface area contributed by atoms with E-state index in [1.54, 1.807) is 0 Å². The first-order valence-electron chi connectivity index (χ1n) is 6.31. The number of thiazole rings is 1. The zero-order valence-electron chi connectivity index (χ0n) is 11.3. The van der Waals surface area contributed by atoms with E-state index in [1.807, 2.05) is 37.3 Å². The molecule has 1 heterocycles. The van der Waals surface area contributed by atoms with Gasteiger partial charge in [0.25, 0.3) is 0 Å². The molecular formula is C14H14N2O4S. The quantitative estimate of drug-likeness (QED) is 0.885. The molecule has 0 atom stereocenters. The highest BCUT2D eigenvalue weighted by atomic mass is 32.1. The smallest absolute Gasteiger partial charge is 0.412 e. The van der Waals surface area contributed by atoms with Crippen molar-refractivity contribution in [1.29, 1.82) is 0 Å². The van der Waals surface area contributed by atoms with Gasteiger partial charge in [-0.25, -0.2) is 14.6 Å². The molecule has 0 aliphatic heterocycles. The number of benzene rings is 1. The second kappa shape index (κ2) is 6.85. The molecule has 2 aromatic rings. The Morgan fingerprint density at radius 3 is 2.67 bits per heavy atom. The van der Waals surface area contributed by atoms with Crippen LogP contribution in [0.5, 0.6) is 0 Å². The molecule has 0 radical (unpaired) electrons. The van der Waals surface area contributed by atoms with Crippen LogP contribution in [-0.4, -0.2) is 22.2 Å². The Balaban J connectivity index is 1.99. The van der Waals surface area contributed by atoms with E-state index in [4.69, 9.17) is 9.84 Å². The maximum absolute atomic E-state index is 11.7. The van der Waals surface area contributed by atoms with Gasteiger partial charge in [-0.1, -0.05) is 37.3 Å². The van der Waals surface area contributed by atoms with E-state index in [1.165, 1.54) is 0 Å². The number of rotatable bonds is 5. The number of aromatic nitrogens is 1. The molecular weight excluding hydrogens is 292 g/mol. The Morgan fingerprint density at radius 2 is 2.05 bits per heavy atom. The topological polar surface area (TPSA) is 88.5 Å². The summed E-state index contributed by atoms with van der Waals surface area (Å²) < 4.78 is 5.05. The van der Waals surface area contributed by atoms with E-state index in [-0.39, 0.29) is 17.3 Å². The van der Waals surface area contributed by atoms with E-state index in [0.29, 0.717) is 11.4 Å². The zero-order valence-corrected chi connectivity index (χ0v) is 12.1. The first kappa shape index (κ1) is 15.0. The summed E-state index contributed by atoms with van der Waals surface area (Å²) in [4.78, 5) is 26.7. The third kappa shape index (κ3) is 4.03. The molecule has 0 aliphatic rings. The molecule has 0 spiro atoms. The minimum absolute atomic E-state index is 0.120. The normalized spacial score (nSPS) is 10.1. The number of carbonyl (C=O) groups excluding carboxylic acids is 1. The Morgan fingerprint density at radius 1 is 1.33 bits per heavy atom. The Bertz CT molecular complexity index is 640. The molecule has 2 rings (SSSR count). The van der Waals surface area contributed by atoms with Crippen LogP contribution in [-0.2, 0) is 17.8 Å². The molecule has 1 aromatic carbocycles. The molecule has 6 nitrogen and oxygen atoms in total. The van der Waals surface area contributed by atoms with E-state index < -0.39 is 12.1 Å². The Labute approximate surface area is 125 Å². The fourth-order valence-corrected chi connectivity index (χ4v) is 2.48. The van der Waals surface area contributed by atoms with Crippen molar-refractivity contribution in [3.8, 4) is 0 Å². The number of hydrogen-bond donors (Lipinski definition) is 2. The number of carboxylic acids is 1. The second-order valence-corrected chi connectivity index (χ2v) is 5.21. The molecule has 0 unspecified atom stereocenters. The molecule has 0 fully saturated rings. The van der Waals surface area contributed by atoms with E-state index >= 15 is 0 Å². The highest BCUT2D eigenvalue weighted by Gasteiger charge is 2.19. The number of amides is 1. The summed E-state index contributed by atoms with van der Waals surface area (Å²) >= 11 is 1.13. The van der Waals surface area contributed by atoms with Gasteiger partial charge in [-0.2, -0.15) is 0 Å². The number of aromatic carboxylic acids is 1. The van der Waals surface area contributed by atoms with Crippen molar-refractivity contribution < 1.29 is 19.4 Å². The number of ether oxygens (including phenoxy) is 1. The monoisotopic (exact) mass is 306 g/mol. The van der Waals surface area contributed by atoms with Crippen LogP contribution in [0.1, 0.15) is 28.0 Å². The number of nitrogens with one attached hydrogen (secondary N) is 1. The highest BCUT2D eigenvalue weighted by molar-refractivity contribution is 7.16. The van der Waals surface area contributed by atoms with E-state index in [0.717, 1.165) is 16.9 Å². The molecule has 0 saturated carbocycles.